The summed E-state index contributed by atoms with van der Waals surface area (Å²) in [4.78, 5) is 0. The van der Waals surface area contributed by atoms with E-state index >= 15 is 0 Å². The van der Waals surface area contributed by atoms with Crippen LogP contribution in [-0.2, 0) is 13.5 Å². The molecule has 1 aliphatic carbocycles. The summed E-state index contributed by atoms with van der Waals surface area (Å²) in [5.74, 6) is 1.51. The molecule has 1 fully saturated rings. The highest BCUT2D eigenvalue weighted by atomic mass is 15.4. The summed E-state index contributed by atoms with van der Waals surface area (Å²) in [6.07, 6.45) is 7.67. The van der Waals surface area contributed by atoms with Gasteiger partial charge in [-0.05, 0) is 24.7 Å². The van der Waals surface area contributed by atoms with E-state index in [1.807, 2.05) is 13.2 Å². The Balaban J connectivity index is 2.03. The quantitative estimate of drug-likeness (QED) is 0.872. The Labute approximate surface area is 104 Å². The Bertz CT molecular complexity index is 371. The van der Waals surface area contributed by atoms with Gasteiger partial charge >= 0.3 is 0 Å². The van der Waals surface area contributed by atoms with Crippen molar-refractivity contribution in [1.29, 1.82) is 0 Å². The van der Waals surface area contributed by atoms with Gasteiger partial charge in [0.05, 0.1) is 5.69 Å². The summed E-state index contributed by atoms with van der Waals surface area (Å²) < 4.78 is 1.75. The third-order valence-corrected chi connectivity index (χ3v) is 4.04. The molecule has 2 rings (SSSR count). The first-order chi connectivity index (χ1) is 7.98. The van der Waals surface area contributed by atoms with Crippen LogP contribution in [0.1, 0.15) is 45.2 Å². The van der Waals surface area contributed by atoms with Crippen LogP contribution in [0.2, 0.25) is 0 Å². The molecule has 96 valence electrons. The lowest BCUT2D eigenvalue weighted by molar-refractivity contribution is 0.181. The predicted octanol–water partition coefficient (Wildman–Crippen LogP) is 1.90. The minimum Gasteiger partial charge on any atom is -0.325 e. The van der Waals surface area contributed by atoms with Crippen LogP contribution in [0.25, 0.3) is 0 Å². The standard InChI is InChI=1S/C13H24N4/c1-10(2)11-5-4-6-13(14,7-11)8-12-9-17(3)16-15-12/h9-11H,4-8,14H2,1-3H3. The van der Waals surface area contributed by atoms with Crippen molar-refractivity contribution in [3.63, 3.8) is 0 Å². The minimum atomic E-state index is -0.0662. The number of nitrogens with zero attached hydrogens (tertiary/aromatic N) is 3. The SMILES string of the molecule is CC(C)C1CCCC(N)(Cc2cn(C)nn2)C1. The van der Waals surface area contributed by atoms with Crippen LogP contribution in [0.4, 0.5) is 0 Å². The molecule has 2 N–H and O–H groups in total. The molecular formula is C13H24N4. The van der Waals surface area contributed by atoms with Gasteiger partial charge < -0.3 is 5.73 Å². The number of rotatable bonds is 3. The molecular weight excluding hydrogens is 212 g/mol. The molecule has 4 nitrogen and oxygen atoms in total. The average Bonchev–Trinajstić information content (AvgIpc) is 2.63. The molecule has 4 heteroatoms. The summed E-state index contributed by atoms with van der Waals surface area (Å²) >= 11 is 0. The van der Waals surface area contributed by atoms with Crippen molar-refractivity contribution in [3.05, 3.63) is 11.9 Å². The van der Waals surface area contributed by atoms with Crippen LogP contribution in [0.5, 0.6) is 0 Å². The Morgan fingerprint density at radius 1 is 1.59 bits per heavy atom. The number of aromatic nitrogens is 3. The van der Waals surface area contributed by atoms with Crippen LogP contribution >= 0.6 is 0 Å². The average molecular weight is 236 g/mol. The third-order valence-electron chi connectivity index (χ3n) is 4.04. The zero-order valence-electron chi connectivity index (χ0n) is 11.2. The molecule has 0 spiro atoms. The Morgan fingerprint density at radius 2 is 2.35 bits per heavy atom. The highest BCUT2D eigenvalue weighted by Crippen LogP contribution is 2.36. The molecule has 2 atom stereocenters. The highest BCUT2D eigenvalue weighted by Gasteiger charge is 2.34. The zero-order valence-corrected chi connectivity index (χ0v) is 11.2. The van der Waals surface area contributed by atoms with Gasteiger partial charge in [0.2, 0.25) is 0 Å². The van der Waals surface area contributed by atoms with Crippen LogP contribution < -0.4 is 5.73 Å². The van der Waals surface area contributed by atoms with Gasteiger partial charge in [0.25, 0.3) is 0 Å². The minimum absolute atomic E-state index is 0.0662. The number of aryl methyl sites for hydroxylation is 1. The maximum atomic E-state index is 6.55. The second-order valence-corrected chi connectivity index (χ2v) is 6.02. The smallest absolute Gasteiger partial charge is 0.0845 e. The Morgan fingerprint density at radius 3 is 2.94 bits per heavy atom. The highest BCUT2D eigenvalue weighted by molar-refractivity contribution is 5.03. The maximum Gasteiger partial charge on any atom is 0.0845 e. The number of hydrogen-bond acceptors (Lipinski definition) is 3. The van der Waals surface area contributed by atoms with E-state index in [1.54, 1.807) is 4.68 Å². The van der Waals surface area contributed by atoms with E-state index in [1.165, 1.54) is 12.8 Å². The van der Waals surface area contributed by atoms with Crippen molar-refractivity contribution >= 4 is 0 Å². The van der Waals surface area contributed by atoms with Crippen LogP contribution in [0.15, 0.2) is 6.20 Å². The lowest BCUT2D eigenvalue weighted by Gasteiger charge is -2.39. The van der Waals surface area contributed by atoms with E-state index in [-0.39, 0.29) is 5.54 Å². The second-order valence-electron chi connectivity index (χ2n) is 6.02. The zero-order chi connectivity index (χ0) is 12.5. The van der Waals surface area contributed by atoms with Crippen molar-refractivity contribution in [2.45, 2.75) is 51.5 Å². The Hall–Kier alpha value is -0.900. The molecule has 2 unspecified atom stereocenters. The molecule has 0 aromatic carbocycles. The second kappa shape index (κ2) is 4.77. The molecule has 1 aromatic rings. The van der Waals surface area contributed by atoms with Crippen LogP contribution in [-0.4, -0.2) is 20.5 Å². The molecule has 1 aliphatic rings. The molecule has 17 heavy (non-hydrogen) atoms. The van der Waals surface area contributed by atoms with Gasteiger partial charge in [0.15, 0.2) is 0 Å². The molecule has 0 amide bonds. The normalized spacial score (nSPS) is 29.8. The van der Waals surface area contributed by atoms with Crippen molar-refractivity contribution in [3.8, 4) is 0 Å². The lowest BCUT2D eigenvalue weighted by Crippen LogP contribution is -2.47. The van der Waals surface area contributed by atoms with Gasteiger partial charge in [-0.2, -0.15) is 0 Å². The first kappa shape index (κ1) is 12.6. The summed E-state index contributed by atoms with van der Waals surface area (Å²) in [7, 11) is 1.90. The topological polar surface area (TPSA) is 56.7 Å². The van der Waals surface area contributed by atoms with Crippen LogP contribution in [0, 0.1) is 11.8 Å². The fraction of sp³-hybridized carbons (Fsp3) is 0.846. The van der Waals surface area contributed by atoms with E-state index in [0.717, 1.165) is 36.8 Å². The van der Waals surface area contributed by atoms with E-state index in [9.17, 15) is 0 Å². The van der Waals surface area contributed by atoms with Gasteiger partial charge in [-0.15, -0.1) is 5.10 Å². The summed E-state index contributed by atoms with van der Waals surface area (Å²) in [5, 5.41) is 8.14. The van der Waals surface area contributed by atoms with E-state index < -0.39 is 0 Å². The predicted molar refractivity (Wildman–Crippen MR) is 68.4 cm³/mol. The molecule has 1 aromatic heterocycles. The molecule has 1 heterocycles. The van der Waals surface area contributed by atoms with Gasteiger partial charge in [-0.25, -0.2) is 0 Å². The summed E-state index contributed by atoms with van der Waals surface area (Å²) in [6, 6.07) is 0. The van der Waals surface area contributed by atoms with Gasteiger partial charge in [-0.1, -0.05) is 31.9 Å². The molecule has 0 saturated heterocycles. The van der Waals surface area contributed by atoms with Crippen molar-refractivity contribution in [2.75, 3.05) is 0 Å². The van der Waals surface area contributed by atoms with E-state index in [2.05, 4.69) is 24.2 Å². The summed E-state index contributed by atoms with van der Waals surface area (Å²) in [6.45, 7) is 4.61. The largest absolute Gasteiger partial charge is 0.325 e. The van der Waals surface area contributed by atoms with E-state index in [0.29, 0.717) is 0 Å². The molecule has 0 bridgehead atoms. The van der Waals surface area contributed by atoms with Gasteiger partial charge in [-0.3, -0.25) is 4.68 Å². The molecule has 1 saturated carbocycles. The first-order valence-corrected chi connectivity index (χ1v) is 6.63. The van der Waals surface area contributed by atoms with Crippen molar-refractivity contribution in [2.24, 2.45) is 24.6 Å². The first-order valence-electron chi connectivity index (χ1n) is 6.63. The maximum absolute atomic E-state index is 6.55. The molecule has 0 radical (unpaired) electrons. The van der Waals surface area contributed by atoms with Crippen LogP contribution in [0.3, 0.4) is 0 Å². The number of nitrogens with two attached hydrogens (primary N) is 1. The van der Waals surface area contributed by atoms with Crippen molar-refractivity contribution < 1.29 is 0 Å². The van der Waals surface area contributed by atoms with Gasteiger partial charge in [0, 0.05) is 25.2 Å². The molecule has 0 aliphatic heterocycles. The summed E-state index contributed by atoms with van der Waals surface area (Å²) in [5.41, 5.74) is 7.51. The lowest BCUT2D eigenvalue weighted by atomic mass is 9.70. The fourth-order valence-electron chi connectivity index (χ4n) is 3.01. The number of hydrogen-bond donors (Lipinski definition) is 1. The van der Waals surface area contributed by atoms with E-state index in [4.69, 9.17) is 5.73 Å². The monoisotopic (exact) mass is 236 g/mol. The Kier molecular flexibility index (Phi) is 3.52. The van der Waals surface area contributed by atoms with Gasteiger partial charge in [0.1, 0.15) is 0 Å². The van der Waals surface area contributed by atoms with Crippen molar-refractivity contribution in [1.82, 2.24) is 15.0 Å². The fourth-order valence-corrected chi connectivity index (χ4v) is 3.01. The third kappa shape index (κ3) is 3.06.